The highest BCUT2D eigenvalue weighted by Crippen LogP contribution is 2.31. The largest absolute Gasteiger partial charge is 0.366 e. The molecule has 3 nitrogen and oxygen atoms in total. The molecule has 100 valence electrons. The van der Waals surface area contributed by atoms with Crippen molar-refractivity contribution in [3.63, 3.8) is 0 Å². The third-order valence-corrected chi connectivity index (χ3v) is 3.86. The van der Waals surface area contributed by atoms with Gasteiger partial charge in [0.25, 0.3) is 0 Å². The number of anilines is 1. The van der Waals surface area contributed by atoms with E-state index in [0.29, 0.717) is 0 Å². The summed E-state index contributed by atoms with van der Waals surface area (Å²) in [6.07, 6.45) is 0. The van der Waals surface area contributed by atoms with Crippen LogP contribution in [0.1, 0.15) is 33.4 Å². The molecule has 18 heavy (non-hydrogen) atoms. The van der Waals surface area contributed by atoms with Crippen LogP contribution in [0.5, 0.6) is 0 Å². The lowest BCUT2D eigenvalue weighted by Gasteiger charge is -2.47. The van der Waals surface area contributed by atoms with Crippen molar-refractivity contribution in [2.45, 2.75) is 45.8 Å². The van der Waals surface area contributed by atoms with Gasteiger partial charge in [-0.05, 0) is 62.7 Å². The van der Waals surface area contributed by atoms with E-state index in [9.17, 15) is 0 Å². The molecule has 0 saturated carbocycles. The Morgan fingerprint density at radius 1 is 1.17 bits per heavy atom. The second-order valence-electron chi connectivity index (χ2n) is 6.21. The number of morpholine rings is 1. The molecule has 1 saturated heterocycles. The molecular formula is C14H21BrN2O. The van der Waals surface area contributed by atoms with Gasteiger partial charge in [-0.15, -0.1) is 0 Å². The number of hydrogen-bond donors (Lipinski definition) is 0. The SMILES string of the molecule is Cc1nc(N2CC(C)(C)OC(C)(C)C2)ccc1Br. The van der Waals surface area contributed by atoms with Crippen molar-refractivity contribution in [2.24, 2.45) is 0 Å². The minimum absolute atomic E-state index is 0.148. The van der Waals surface area contributed by atoms with Crippen molar-refractivity contribution in [2.75, 3.05) is 18.0 Å². The van der Waals surface area contributed by atoms with Crippen molar-refractivity contribution in [3.8, 4) is 0 Å². The fourth-order valence-electron chi connectivity index (χ4n) is 2.66. The molecule has 0 atom stereocenters. The van der Waals surface area contributed by atoms with E-state index in [-0.39, 0.29) is 11.2 Å². The smallest absolute Gasteiger partial charge is 0.129 e. The van der Waals surface area contributed by atoms with Crippen LogP contribution in [-0.2, 0) is 4.74 Å². The second-order valence-corrected chi connectivity index (χ2v) is 7.07. The molecule has 1 fully saturated rings. The predicted molar refractivity (Wildman–Crippen MR) is 78.1 cm³/mol. The van der Waals surface area contributed by atoms with Crippen LogP contribution in [0.15, 0.2) is 16.6 Å². The van der Waals surface area contributed by atoms with Crippen LogP contribution < -0.4 is 4.90 Å². The van der Waals surface area contributed by atoms with E-state index in [1.807, 2.05) is 6.92 Å². The number of nitrogens with zero attached hydrogens (tertiary/aromatic N) is 2. The van der Waals surface area contributed by atoms with E-state index in [4.69, 9.17) is 4.74 Å². The number of hydrogen-bond acceptors (Lipinski definition) is 3. The summed E-state index contributed by atoms with van der Waals surface area (Å²) < 4.78 is 7.14. The third-order valence-electron chi connectivity index (χ3n) is 3.03. The zero-order valence-corrected chi connectivity index (χ0v) is 13.3. The third kappa shape index (κ3) is 3.04. The van der Waals surface area contributed by atoms with Crippen LogP contribution in [0, 0.1) is 6.92 Å². The molecule has 1 aromatic heterocycles. The highest BCUT2D eigenvalue weighted by molar-refractivity contribution is 9.10. The monoisotopic (exact) mass is 312 g/mol. The molecule has 0 N–H and O–H groups in total. The van der Waals surface area contributed by atoms with Crippen molar-refractivity contribution >= 4 is 21.7 Å². The van der Waals surface area contributed by atoms with Gasteiger partial charge in [-0.1, -0.05) is 0 Å². The molecule has 0 spiro atoms. The molecule has 2 heterocycles. The van der Waals surface area contributed by atoms with E-state index >= 15 is 0 Å². The molecule has 0 aliphatic carbocycles. The number of halogens is 1. The van der Waals surface area contributed by atoms with Crippen LogP contribution >= 0.6 is 15.9 Å². The van der Waals surface area contributed by atoms with Crippen LogP contribution in [0.4, 0.5) is 5.82 Å². The number of pyridine rings is 1. The lowest BCUT2D eigenvalue weighted by molar-refractivity contribution is -0.133. The number of rotatable bonds is 1. The van der Waals surface area contributed by atoms with Crippen LogP contribution in [0.3, 0.4) is 0 Å². The molecule has 0 amide bonds. The lowest BCUT2D eigenvalue weighted by atomic mass is 9.99. The molecule has 1 aromatic rings. The van der Waals surface area contributed by atoms with E-state index < -0.39 is 0 Å². The quantitative estimate of drug-likeness (QED) is 0.793. The van der Waals surface area contributed by atoms with Gasteiger partial charge in [0.05, 0.1) is 16.9 Å². The van der Waals surface area contributed by atoms with Crippen molar-refractivity contribution in [1.82, 2.24) is 4.98 Å². The first-order chi connectivity index (χ1) is 8.19. The Balaban J connectivity index is 2.29. The standard InChI is InChI=1S/C14H21BrN2O/c1-10-11(15)6-7-12(16-10)17-8-13(2,3)18-14(4,5)9-17/h6-7H,8-9H2,1-5H3. The molecular weight excluding hydrogens is 292 g/mol. The van der Waals surface area contributed by atoms with Crippen molar-refractivity contribution in [1.29, 1.82) is 0 Å². The summed E-state index contributed by atoms with van der Waals surface area (Å²) in [5, 5.41) is 0. The zero-order valence-electron chi connectivity index (χ0n) is 11.7. The predicted octanol–water partition coefficient (Wildman–Crippen LogP) is 3.55. The van der Waals surface area contributed by atoms with Gasteiger partial charge in [0.15, 0.2) is 0 Å². The minimum atomic E-state index is -0.148. The zero-order chi connectivity index (χ0) is 13.6. The lowest BCUT2D eigenvalue weighted by Crippen LogP contribution is -2.57. The first kappa shape index (κ1) is 13.8. The summed E-state index contributed by atoms with van der Waals surface area (Å²) in [4.78, 5) is 6.96. The minimum Gasteiger partial charge on any atom is -0.366 e. The molecule has 4 heteroatoms. The summed E-state index contributed by atoms with van der Waals surface area (Å²) in [5.41, 5.74) is 0.726. The summed E-state index contributed by atoms with van der Waals surface area (Å²) in [7, 11) is 0. The molecule has 0 radical (unpaired) electrons. The highest BCUT2D eigenvalue weighted by Gasteiger charge is 2.38. The van der Waals surface area contributed by atoms with Gasteiger partial charge in [-0.2, -0.15) is 0 Å². The Morgan fingerprint density at radius 3 is 2.22 bits per heavy atom. The topological polar surface area (TPSA) is 25.4 Å². The normalized spacial score (nSPS) is 22.0. The van der Waals surface area contributed by atoms with Crippen LogP contribution in [0.25, 0.3) is 0 Å². The maximum absolute atomic E-state index is 6.09. The van der Waals surface area contributed by atoms with Gasteiger partial charge in [0.2, 0.25) is 0 Å². The van der Waals surface area contributed by atoms with Gasteiger partial charge in [0, 0.05) is 17.6 Å². The molecule has 0 unspecified atom stereocenters. The summed E-state index contributed by atoms with van der Waals surface area (Å²) in [6.45, 7) is 12.3. The average Bonchev–Trinajstić information content (AvgIpc) is 2.17. The van der Waals surface area contributed by atoms with Gasteiger partial charge in [-0.25, -0.2) is 4.98 Å². The van der Waals surface area contributed by atoms with Gasteiger partial charge in [0.1, 0.15) is 5.82 Å². The van der Waals surface area contributed by atoms with E-state index in [0.717, 1.165) is 29.1 Å². The fourth-order valence-corrected chi connectivity index (χ4v) is 2.88. The number of aromatic nitrogens is 1. The maximum Gasteiger partial charge on any atom is 0.129 e. The van der Waals surface area contributed by atoms with Crippen LogP contribution in [-0.4, -0.2) is 29.3 Å². The van der Waals surface area contributed by atoms with E-state index in [2.05, 4.69) is 65.6 Å². The summed E-state index contributed by atoms with van der Waals surface area (Å²) in [5.74, 6) is 1.03. The summed E-state index contributed by atoms with van der Waals surface area (Å²) in [6, 6.07) is 4.13. The van der Waals surface area contributed by atoms with Crippen molar-refractivity contribution < 1.29 is 4.74 Å². The number of aryl methyl sites for hydroxylation is 1. The fraction of sp³-hybridized carbons (Fsp3) is 0.643. The Hall–Kier alpha value is -0.610. The van der Waals surface area contributed by atoms with Gasteiger partial charge in [-0.3, -0.25) is 0 Å². The first-order valence-electron chi connectivity index (χ1n) is 6.27. The van der Waals surface area contributed by atoms with E-state index in [1.54, 1.807) is 0 Å². The molecule has 1 aliphatic rings. The van der Waals surface area contributed by atoms with E-state index in [1.165, 1.54) is 0 Å². The molecule has 0 aromatic carbocycles. The van der Waals surface area contributed by atoms with Gasteiger partial charge >= 0.3 is 0 Å². The molecule has 0 bridgehead atoms. The van der Waals surface area contributed by atoms with Crippen molar-refractivity contribution in [3.05, 3.63) is 22.3 Å². The highest BCUT2D eigenvalue weighted by atomic mass is 79.9. The Labute approximate surface area is 118 Å². The van der Waals surface area contributed by atoms with Gasteiger partial charge < -0.3 is 9.64 Å². The molecule has 2 rings (SSSR count). The number of ether oxygens (including phenoxy) is 1. The Bertz CT molecular complexity index is 441. The van der Waals surface area contributed by atoms with Crippen LogP contribution in [0.2, 0.25) is 0 Å². The maximum atomic E-state index is 6.09. The Kier molecular flexibility index (Phi) is 3.45. The average molecular weight is 313 g/mol. The Morgan fingerprint density at radius 2 is 1.72 bits per heavy atom. The summed E-state index contributed by atoms with van der Waals surface area (Å²) >= 11 is 3.49. The molecule has 1 aliphatic heterocycles. The second kappa shape index (κ2) is 4.49. The first-order valence-corrected chi connectivity index (χ1v) is 7.06.